The highest BCUT2D eigenvalue weighted by atomic mass is 16.2. The summed E-state index contributed by atoms with van der Waals surface area (Å²) >= 11 is 0. The van der Waals surface area contributed by atoms with Crippen LogP contribution in [0.2, 0.25) is 0 Å². The van der Waals surface area contributed by atoms with Gasteiger partial charge >= 0.3 is 0 Å². The third kappa shape index (κ3) is 4.61. The van der Waals surface area contributed by atoms with E-state index in [1.54, 1.807) is 0 Å². The first-order valence-electron chi connectivity index (χ1n) is 5.99. The van der Waals surface area contributed by atoms with Crippen molar-refractivity contribution in [3.63, 3.8) is 0 Å². The van der Waals surface area contributed by atoms with Crippen LogP contribution in [0.1, 0.15) is 38.6 Å². The van der Waals surface area contributed by atoms with Crippen molar-refractivity contribution >= 4 is 5.91 Å². The standard InChI is InChI=1S/C13H23N3O/c1-10-6-7-11(2)16(10)15-12(17)8-9-14-13(3,4)5/h6-7,14H,8-9H2,1-5H3,(H,15,17). The molecule has 17 heavy (non-hydrogen) atoms. The molecule has 4 heteroatoms. The number of hydrogen-bond acceptors (Lipinski definition) is 2. The molecule has 1 aromatic heterocycles. The number of aryl methyl sites for hydroxylation is 2. The van der Waals surface area contributed by atoms with Gasteiger partial charge in [-0.3, -0.25) is 14.9 Å². The van der Waals surface area contributed by atoms with E-state index in [4.69, 9.17) is 0 Å². The maximum Gasteiger partial charge on any atom is 0.240 e. The Bertz CT molecular complexity index is 368. The SMILES string of the molecule is Cc1ccc(C)n1NC(=O)CCNC(C)(C)C. The molecule has 0 radical (unpaired) electrons. The van der Waals surface area contributed by atoms with Crippen molar-refractivity contribution in [1.82, 2.24) is 9.99 Å². The molecule has 0 aliphatic heterocycles. The van der Waals surface area contributed by atoms with Gasteiger partial charge in [-0.25, -0.2) is 0 Å². The highest BCUT2D eigenvalue weighted by Crippen LogP contribution is 2.04. The van der Waals surface area contributed by atoms with Gasteiger partial charge in [0.15, 0.2) is 0 Å². The minimum atomic E-state index is 0.0316. The van der Waals surface area contributed by atoms with Crippen molar-refractivity contribution in [3.05, 3.63) is 23.5 Å². The number of hydrogen-bond donors (Lipinski definition) is 2. The molecule has 0 aliphatic rings. The third-order valence-corrected chi connectivity index (χ3v) is 2.52. The quantitative estimate of drug-likeness (QED) is 0.841. The minimum Gasteiger partial charge on any atom is -0.312 e. The van der Waals surface area contributed by atoms with Crippen molar-refractivity contribution in [2.24, 2.45) is 0 Å². The summed E-state index contributed by atoms with van der Waals surface area (Å²) in [5.74, 6) is 0.0316. The second-order valence-corrected chi connectivity index (χ2v) is 5.41. The first kappa shape index (κ1) is 13.8. The second kappa shape index (κ2) is 5.36. The van der Waals surface area contributed by atoms with Gasteiger partial charge in [0.1, 0.15) is 0 Å². The fourth-order valence-corrected chi connectivity index (χ4v) is 1.58. The van der Waals surface area contributed by atoms with Crippen LogP contribution in [0, 0.1) is 13.8 Å². The van der Waals surface area contributed by atoms with Crippen LogP contribution in [0.15, 0.2) is 12.1 Å². The van der Waals surface area contributed by atoms with Gasteiger partial charge in [0.25, 0.3) is 0 Å². The normalized spacial score (nSPS) is 11.6. The number of carbonyl (C=O) groups is 1. The maximum atomic E-state index is 11.7. The lowest BCUT2D eigenvalue weighted by atomic mass is 10.1. The Morgan fingerprint density at radius 3 is 2.24 bits per heavy atom. The van der Waals surface area contributed by atoms with Gasteiger partial charge in [0.2, 0.25) is 5.91 Å². The highest BCUT2D eigenvalue weighted by Gasteiger charge is 2.10. The summed E-state index contributed by atoms with van der Waals surface area (Å²) in [7, 11) is 0. The molecule has 0 aliphatic carbocycles. The Balaban J connectivity index is 2.41. The Hall–Kier alpha value is -1.29. The van der Waals surface area contributed by atoms with Crippen molar-refractivity contribution in [3.8, 4) is 0 Å². The average Bonchev–Trinajstić information content (AvgIpc) is 2.47. The summed E-state index contributed by atoms with van der Waals surface area (Å²) in [5, 5.41) is 3.29. The Labute approximate surface area is 103 Å². The second-order valence-electron chi connectivity index (χ2n) is 5.41. The fraction of sp³-hybridized carbons (Fsp3) is 0.615. The highest BCUT2D eigenvalue weighted by molar-refractivity contribution is 5.84. The largest absolute Gasteiger partial charge is 0.312 e. The zero-order chi connectivity index (χ0) is 13.1. The molecule has 0 fully saturated rings. The van der Waals surface area contributed by atoms with E-state index >= 15 is 0 Å². The summed E-state index contributed by atoms with van der Waals surface area (Å²) in [6, 6.07) is 3.98. The van der Waals surface area contributed by atoms with Gasteiger partial charge in [-0.15, -0.1) is 0 Å². The number of aromatic nitrogens is 1. The summed E-state index contributed by atoms with van der Waals surface area (Å²) < 4.78 is 1.82. The molecule has 96 valence electrons. The van der Waals surface area contributed by atoms with Crippen molar-refractivity contribution in [1.29, 1.82) is 0 Å². The predicted molar refractivity (Wildman–Crippen MR) is 70.6 cm³/mol. The maximum absolute atomic E-state index is 11.7. The molecule has 4 nitrogen and oxygen atoms in total. The molecule has 1 amide bonds. The zero-order valence-electron chi connectivity index (χ0n) is 11.4. The Morgan fingerprint density at radius 1 is 1.24 bits per heavy atom. The van der Waals surface area contributed by atoms with Crippen LogP contribution >= 0.6 is 0 Å². The molecule has 0 saturated heterocycles. The average molecular weight is 237 g/mol. The van der Waals surface area contributed by atoms with Crippen LogP contribution in [-0.4, -0.2) is 22.7 Å². The molecule has 0 saturated carbocycles. The van der Waals surface area contributed by atoms with E-state index in [0.717, 1.165) is 11.4 Å². The lowest BCUT2D eigenvalue weighted by Crippen LogP contribution is -2.38. The van der Waals surface area contributed by atoms with Gasteiger partial charge in [-0.05, 0) is 46.8 Å². The van der Waals surface area contributed by atoms with Crippen LogP contribution in [0.3, 0.4) is 0 Å². The van der Waals surface area contributed by atoms with Gasteiger partial charge in [-0.2, -0.15) is 0 Å². The summed E-state index contributed by atoms with van der Waals surface area (Å²) in [6.45, 7) is 10.9. The number of nitrogens with zero attached hydrogens (tertiary/aromatic N) is 1. The number of rotatable bonds is 4. The van der Waals surface area contributed by atoms with Gasteiger partial charge in [-0.1, -0.05) is 0 Å². The van der Waals surface area contributed by atoms with Crippen LogP contribution < -0.4 is 10.7 Å². The Kier molecular flexibility index (Phi) is 4.34. The lowest BCUT2D eigenvalue weighted by Gasteiger charge is -2.20. The van der Waals surface area contributed by atoms with E-state index in [9.17, 15) is 4.79 Å². The number of nitrogens with one attached hydrogen (secondary N) is 2. The van der Waals surface area contributed by atoms with Crippen LogP contribution in [0.5, 0.6) is 0 Å². The molecule has 0 unspecified atom stereocenters. The van der Waals surface area contributed by atoms with E-state index in [0.29, 0.717) is 13.0 Å². The van der Waals surface area contributed by atoms with E-state index in [-0.39, 0.29) is 11.4 Å². The van der Waals surface area contributed by atoms with Gasteiger partial charge in [0, 0.05) is 29.9 Å². The van der Waals surface area contributed by atoms with E-state index in [1.807, 2.05) is 30.7 Å². The molecule has 0 atom stereocenters. The third-order valence-electron chi connectivity index (χ3n) is 2.52. The number of amides is 1. The molecule has 0 spiro atoms. The molecule has 1 heterocycles. The van der Waals surface area contributed by atoms with Crippen molar-refractivity contribution in [2.75, 3.05) is 12.0 Å². The predicted octanol–water partition coefficient (Wildman–Crippen LogP) is 1.95. The minimum absolute atomic E-state index is 0.0316. The monoisotopic (exact) mass is 237 g/mol. The molecule has 0 aromatic carbocycles. The lowest BCUT2D eigenvalue weighted by molar-refractivity contribution is -0.117. The van der Waals surface area contributed by atoms with Crippen molar-refractivity contribution < 1.29 is 4.79 Å². The fourth-order valence-electron chi connectivity index (χ4n) is 1.58. The summed E-state index contributed by atoms with van der Waals surface area (Å²) in [4.78, 5) is 11.7. The van der Waals surface area contributed by atoms with Crippen molar-refractivity contribution in [2.45, 2.75) is 46.6 Å². The topological polar surface area (TPSA) is 46.1 Å². The molecule has 1 rings (SSSR count). The van der Waals surface area contributed by atoms with E-state index in [1.165, 1.54) is 0 Å². The molecular formula is C13H23N3O. The summed E-state index contributed by atoms with van der Waals surface area (Å²) in [5.41, 5.74) is 5.02. The molecular weight excluding hydrogens is 214 g/mol. The van der Waals surface area contributed by atoms with Crippen LogP contribution in [0.25, 0.3) is 0 Å². The first-order chi connectivity index (χ1) is 7.79. The molecule has 0 bridgehead atoms. The van der Waals surface area contributed by atoms with E-state index < -0.39 is 0 Å². The van der Waals surface area contributed by atoms with Crippen LogP contribution in [0.4, 0.5) is 0 Å². The Morgan fingerprint density at radius 2 is 1.76 bits per heavy atom. The zero-order valence-corrected chi connectivity index (χ0v) is 11.4. The smallest absolute Gasteiger partial charge is 0.240 e. The summed E-state index contributed by atoms with van der Waals surface area (Å²) in [6.07, 6.45) is 0.480. The van der Waals surface area contributed by atoms with Gasteiger partial charge in [0.05, 0.1) is 0 Å². The van der Waals surface area contributed by atoms with Crippen LogP contribution in [-0.2, 0) is 4.79 Å². The van der Waals surface area contributed by atoms with E-state index in [2.05, 4.69) is 31.5 Å². The van der Waals surface area contributed by atoms with Gasteiger partial charge < -0.3 is 5.32 Å². The molecule has 1 aromatic rings. The number of carbonyl (C=O) groups excluding carboxylic acids is 1. The first-order valence-corrected chi connectivity index (χ1v) is 5.99. The molecule has 2 N–H and O–H groups in total.